The van der Waals surface area contributed by atoms with Crippen molar-refractivity contribution in [3.63, 3.8) is 0 Å². The molecule has 2 N–H and O–H groups in total. The SMILES string of the molecule is O=C(O)C1COCCN1C(=O)c1cc2ccc(OC(F)(F)F)cc2[nH]1. The molecule has 10 heteroatoms. The average Bonchev–Trinajstić information content (AvgIpc) is 2.95. The number of rotatable bonds is 3. The number of amides is 1. The highest BCUT2D eigenvalue weighted by molar-refractivity contribution is 6.00. The molecule has 0 aliphatic carbocycles. The summed E-state index contributed by atoms with van der Waals surface area (Å²) in [4.78, 5) is 27.7. The van der Waals surface area contributed by atoms with E-state index < -0.39 is 30.0 Å². The van der Waals surface area contributed by atoms with Crippen LogP contribution in [0.15, 0.2) is 24.3 Å². The van der Waals surface area contributed by atoms with Crippen LogP contribution in [0.2, 0.25) is 0 Å². The van der Waals surface area contributed by atoms with Crippen molar-refractivity contribution in [3.8, 4) is 5.75 Å². The fraction of sp³-hybridized carbons (Fsp3) is 0.333. The van der Waals surface area contributed by atoms with Gasteiger partial charge in [0, 0.05) is 23.5 Å². The molecule has 7 nitrogen and oxygen atoms in total. The van der Waals surface area contributed by atoms with Gasteiger partial charge in [0.05, 0.1) is 13.2 Å². The average molecular weight is 358 g/mol. The molecule has 1 atom stereocenters. The number of alkyl halides is 3. The summed E-state index contributed by atoms with van der Waals surface area (Å²) < 4.78 is 45.7. The van der Waals surface area contributed by atoms with Gasteiger partial charge >= 0.3 is 12.3 Å². The number of nitrogens with one attached hydrogen (secondary N) is 1. The lowest BCUT2D eigenvalue weighted by atomic mass is 10.2. The number of benzene rings is 1. The maximum absolute atomic E-state index is 12.6. The molecule has 3 rings (SSSR count). The lowest BCUT2D eigenvalue weighted by Gasteiger charge is -2.32. The van der Waals surface area contributed by atoms with Gasteiger partial charge in [-0.1, -0.05) is 0 Å². The molecule has 1 unspecified atom stereocenters. The van der Waals surface area contributed by atoms with Crippen LogP contribution in [-0.4, -0.2) is 59.0 Å². The fourth-order valence-corrected chi connectivity index (χ4v) is 2.62. The monoisotopic (exact) mass is 358 g/mol. The summed E-state index contributed by atoms with van der Waals surface area (Å²) >= 11 is 0. The van der Waals surface area contributed by atoms with Crippen LogP contribution < -0.4 is 4.74 Å². The minimum absolute atomic E-state index is 0.0762. The van der Waals surface area contributed by atoms with Gasteiger partial charge in [-0.2, -0.15) is 0 Å². The molecule has 25 heavy (non-hydrogen) atoms. The van der Waals surface area contributed by atoms with Crippen molar-refractivity contribution in [2.45, 2.75) is 12.4 Å². The van der Waals surface area contributed by atoms with Crippen molar-refractivity contribution in [1.82, 2.24) is 9.88 Å². The third-order valence-corrected chi connectivity index (χ3v) is 3.73. The molecule has 2 heterocycles. The number of aliphatic carboxylic acids is 1. The van der Waals surface area contributed by atoms with E-state index >= 15 is 0 Å². The van der Waals surface area contributed by atoms with E-state index in [9.17, 15) is 27.9 Å². The van der Waals surface area contributed by atoms with Crippen LogP contribution in [0.4, 0.5) is 13.2 Å². The Bertz CT molecular complexity index is 817. The third kappa shape index (κ3) is 3.68. The normalized spacial score (nSPS) is 18.4. The summed E-state index contributed by atoms with van der Waals surface area (Å²) in [7, 11) is 0. The summed E-state index contributed by atoms with van der Waals surface area (Å²) in [6.07, 6.45) is -4.82. The number of aromatic amines is 1. The highest BCUT2D eigenvalue weighted by Gasteiger charge is 2.34. The Hall–Kier alpha value is -2.75. The summed E-state index contributed by atoms with van der Waals surface area (Å²) in [5.41, 5.74) is 0.345. The van der Waals surface area contributed by atoms with E-state index in [1.54, 1.807) is 0 Å². The van der Waals surface area contributed by atoms with Crippen molar-refractivity contribution < 1.29 is 37.3 Å². The zero-order valence-electron chi connectivity index (χ0n) is 12.7. The summed E-state index contributed by atoms with van der Waals surface area (Å²) in [5, 5.41) is 9.68. The molecule has 1 amide bonds. The Morgan fingerprint density at radius 1 is 1.32 bits per heavy atom. The van der Waals surface area contributed by atoms with Gasteiger partial charge in [0.25, 0.3) is 5.91 Å². The molecule has 1 aromatic heterocycles. The Labute approximate surface area is 138 Å². The number of carboxylic acid groups (broad SMARTS) is 1. The molecule has 134 valence electrons. The number of nitrogens with zero attached hydrogens (tertiary/aromatic N) is 1. The van der Waals surface area contributed by atoms with Crippen LogP contribution in [0.25, 0.3) is 10.9 Å². The first-order valence-corrected chi connectivity index (χ1v) is 7.24. The van der Waals surface area contributed by atoms with E-state index in [1.165, 1.54) is 12.1 Å². The molecule has 1 fully saturated rings. The fourth-order valence-electron chi connectivity index (χ4n) is 2.62. The highest BCUT2D eigenvalue weighted by Crippen LogP contribution is 2.27. The Morgan fingerprint density at radius 2 is 2.08 bits per heavy atom. The van der Waals surface area contributed by atoms with Crippen LogP contribution in [0, 0.1) is 0 Å². The molecular weight excluding hydrogens is 345 g/mol. The number of halogens is 3. The zero-order valence-corrected chi connectivity index (χ0v) is 12.7. The molecule has 1 aromatic carbocycles. The van der Waals surface area contributed by atoms with Gasteiger partial charge < -0.3 is 24.5 Å². The maximum Gasteiger partial charge on any atom is 0.573 e. The van der Waals surface area contributed by atoms with Crippen LogP contribution >= 0.6 is 0 Å². The molecule has 0 saturated carbocycles. The van der Waals surface area contributed by atoms with Crippen LogP contribution in [0.1, 0.15) is 10.5 Å². The number of hydrogen-bond acceptors (Lipinski definition) is 4. The third-order valence-electron chi connectivity index (χ3n) is 3.73. The van der Waals surface area contributed by atoms with Gasteiger partial charge in [-0.15, -0.1) is 13.2 Å². The molecule has 0 radical (unpaired) electrons. The van der Waals surface area contributed by atoms with Gasteiger partial charge in [-0.25, -0.2) is 4.79 Å². The van der Waals surface area contributed by atoms with E-state index in [1.807, 2.05) is 0 Å². The van der Waals surface area contributed by atoms with Gasteiger partial charge in [0.1, 0.15) is 11.4 Å². The Balaban J connectivity index is 1.88. The predicted molar refractivity (Wildman–Crippen MR) is 78.3 cm³/mol. The maximum atomic E-state index is 12.6. The minimum Gasteiger partial charge on any atom is -0.480 e. The second-order valence-corrected chi connectivity index (χ2v) is 5.41. The van der Waals surface area contributed by atoms with Crippen LogP contribution in [-0.2, 0) is 9.53 Å². The van der Waals surface area contributed by atoms with E-state index in [0.29, 0.717) is 5.39 Å². The summed E-state index contributed by atoms with van der Waals surface area (Å²) in [6, 6.07) is 3.96. The van der Waals surface area contributed by atoms with Crippen molar-refractivity contribution in [2.75, 3.05) is 19.8 Å². The van der Waals surface area contributed by atoms with Crippen molar-refractivity contribution in [3.05, 3.63) is 30.0 Å². The molecule has 1 saturated heterocycles. The standard InChI is InChI=1S/C15H13F3N2O5/c16-15(17,18)25-9-2-1-8-5-11(19-10(8)6-9)13(21)20-3-4-24-7-12(20)14(22)23/h1-2,5-6,12,19H,3-4,7H2,(H,22,23). The summed E-state index contributed by atoms with van der Waals surface area (Å²) in [6.45, 7) is 0.192. The lowest BCUT2D eigenvalue weighted by Crippen LogP contribution is -2.52. The number of morpholine rings is 1. The number of carboxylic acids is 1. The second kappa shape index (κ2) is 6.28. The first-order valence-electron chi connectivity index (χ1n) is 7.24. The largest absolute Gasteiger partial charge is 0.573 e. The van der Waals surface area contributed by atoms with E-state index in [-0.39, 0.29) is 31.0 Å². The Morgan fingerprint density at radius 3 is 2.76 bits per heavy atom. The van der Waals surface area contributed by atoms with Crippen LogP contribution in [0.5, 0.6) is 5.75 Å². The summed E-state index contributed by atoms with van der Waals surface area (Å²) in [5.74, 6) is -2.18. The smallest absolute Gasteiger partial charge is 0.480 e. The van der Waals surface area contributed by atoms with Gasteiger partial charge in [0.2, 0.25) is 0 Å². The van der Waals surface area contributed by atoms with Crippen molar-refractivity contribution in [1.29, 1.82) is 0 Å². The van der Waals surface area contributed by atoms with E-state index in [0.717, 1.165) is 17.0 Å². The number of ether oxygens (including phenoxy) is 2. The van der Waals surface area contributed by atoms with E-state index in [4.69, 9.17) is 4.74 Å². The topological polar surface area (TPSA) is 91.9 Å². The number of H-pyrrole nitrogens is 1. The van der Waals surface area contributed by atoms with Gasteiger partial charge in [-0.05, 0) is 18.2 Å². The number of fused-ring (bicyclic) bond motifs is 1. The molecule has 0 spiro atoms. The predicted octanol–water partition coefficient (Wildman–Crippen LogP) is 1.99. The van der Waals surface area contributed by atoms with Crippen molar-refractivity contribution >= 4 is 22.8 Å². The lowest BCUT2D eigenvalue weighted by molar-refractivity contribution is -0.274. The first kappa shape index (κ1) is 17.1. The molecule has 0 bridgehead atoms. The number of carbonyl (C=O) groups excluding carboxylic acids is 1. The molecule has 2 aromatic rings. The second-order valence-electron chi connectivity index (χ2n) is 5.41. The number of hydrogen-bond donors (Lipinski definition) is 2. The molecular formula is C15H13F3N2O5. The highest BCUT2D eigenvalue weighted by atomic mass is 19.4. The van der Waals surface area contributed by atoms with E-state index in [2.05, 4.69) is 9.72 Å². The quantitative estimate of drug-likeness (QED) is 0.876. The number of aromatic nitrogens is 1. The number of carbonyl (C=O) groups is 2. The molecule has 1 aliphatic rings. The van der Waals surface area contributed by atoms with Gasteiger partial charge in [0.15, 0.2) is 6.04 Å². The first-order chi connectivity index (χ1) is 11.7. The van der Waals surface area contributed by atoms with Crippen LogP contribution in [0.3, 0.4) is 0 Å². The minimum atomic E-state index is -4.82. The Kier molecular flexibility index (Phi) is 4.29. The van der Waals surface area contributed by atoms with Gasteiger partial charge in [-0.3, -0.25) is 4.79 Å². The van der Waals surface area contributed by atoms with Crippen molar-refractivity contribution in [2.24, 2.45) is 0 Å². The zero-order chi connectivity index (χ0) is 18.2. The molecule has 1 aliphatic heterocycles.